The number of pyridine rings is 2. The maximum atomic E-state index is 4.99. The van der Waals surface area contributed by atoms with E-state index in [0.29, 0.717) is 11.5 Å². The number of fused-ring (bicyclic) bond motifs is 1. The van der Waals surface area contributed by atoms with E-state index in [9.17, 15) is 0 Å². The topological polar surface area (TPSA) is 78.9 Å². The van der Waals surface area contributed by atoms with Crippen molar-refractivity contribution in [3.63, 3.8) is 0 Å². The summed E-state index contributed by atoms with van der Waals surface area (Å²) in [6.07, 6.45) is 10.6. The minimum atomic E-state index is 0.347. The molecular weight excluding hydrogens is 374 g/mol. The highest BCUT2D eigenvalue weighted by Crippen LogP contribution is 2.42. The zero-order valence-corrected chi connectivity index (χ0v) is 17.3. The van der Waals surface area contributed by atoms with E-state index in [2.05, 4.69) is 32.1 Å². The molecule has 154 valence electrons. The fraction of sp³-hybridized carbons (Fsp3) is 0.391. The van der Waals surface area contributed by atoms with E-state index in [-0.39, 0.29) is 0 Å². The van der Waals surface area contributed by atoms with Crippen molar-refractivity contribution in [2.75, 3.05) is 31.6 Å². The van der Waals surface area contributed by atoms with Crippen molar-refractivity contribution in [1.82, 2.24) is 30.6 Å². The maximum absolute atomic E-state index is 4.99. The fourth-order valence-electron chi connectivity index (χ4n) is 4.75. The largest absolute Gasteiger partial charge is 0.391 e. The van der Waals surface area contributed by atoms with Gasteiger partial charge in [-0.3, -0.25) is 9.97 Å². The van der Waals surface area contributed by atoms with Crippen LogP contribution in [0.2, 0.25) is 0 Å². The Morgan fingerprint density at radius 3 is 2.67 bits per heavy atom. The molecule has 2 fully saturated rings. The van der Waals surface area contributed by atoms with Crippen LogP contribution in [0.25, 0.3) is 22.3 Å². The first-order valence-corrected chi connectivity index (χ1v) is 10.5. The molecule has 5 rings (SSSR count). The molecule has 2 aliphatic heterocycles. The number of likely N-dealkylation sites (N-methyl/N-ethyl adjacent to an activating group) is 1. The zero-order chi connectivity index (χ0) is 20.6. The minimum Gasteiger partial charge on any atom is -0.391 e. The van der Waals surface area contributed by atoms with Gasteiger partial charge in [0.05, 0.1) is 11.7 Å². The van der Waals surface area contributed by atoms with Gasteiger partial charge in [-0.25, -0.2) is 9.97 Å². The SMILES string of the molecule is C=C(NC)C1CC2(CCN(c3nc(-c4ccncc4)nc4cnccc34)CC2)CN1. The zero-order valence-electron chi connectivity index (χ0n) is 17.3. The first kappa shape index (κ1) is 18.9. The van der Waals surface area contributed by atoms with Gasteiger partial charge in [0.2, 0.25) is 0 Å². The molecule has 5 heterocycles. The molecule has 7 nitrogen and oxygen atoms in total. The highest BCUT2D eigenvalue weighted by Gasteiger charge is 2.42. The Morgan fingerprint density at radius 1 is 1.13 bits per heavy atom. The number of hydrogen-bond acceptors (Lipinski definition) is 7. The summed E-state index contributed by atoms with van der Waals surface area (Å²) in [6.45, 7) is 7.20. The van der Waals surface area contributed by atoms with E-state index in [4.69, 9.17) is 9.97 Å². The molecule has 2 aliphatic rings. The molecule has 2 saturated heterocycles. The van der Waals surface area contributed by atoms with Gasteiger partial charge in [0.15, 0.2) is 5.82 Å². The molecule has 0 aromatic carbocycles. The Bertz CT molecular complexity index is 1060. The molecule has 30 heavy (non-hydrogen) atoms. The quantitative estimate of drug-likeness (QED) is 0.696. The maximum Gasteiger partial charge on any atom is 0.162 e. The first-order valence-electron chi connectivity index (χ1n) is 10.5. The second-order valence-corrected chi connectivity index (χ2v) is 8.40. The number of piperidine rings is 1. The standard InChI is InChI=1S/C23H27N7/c1-16(24-2)19-13-23(15-27-19)6-11-30(12-7-23)22-18-5-10-26-14-20(18)28-21(29-22)17-3-8-25-9-4-17/h3-5,8-10,14,19,24,27H,1,6-7,11-13,15H2,2H3. The van der Waals surface area contributed by atoms with Crippen LogP contribution in [0.3, 0.4) is 0 Å². The molecular formula is C23H27N7. The van der Waals surface area contributed by atoms with Crippen molar-refractivity contribution in [1.29, 1.82) is 0 Å². The van der Waals surface area contributed by atoms with E-state index < -0.39 is 0 Å². The Kier molecular flexibility index (Phi) is 4.83. The predicted molar refractivity (Wildman–Crippen MR) is 119 cm³/mol. The lowest BCUT2D eigenvalue weighted by Crippen LogP contribution is -2.41. The van der Waals surface area contributed by atoms with Gasteiger partial charge in [0, 0.05) is 68.0 Å². The fourth-order valence-corrected chi connectivity index (χ4v) is 4.75. The van der Waals surface area contributed by atoms with Crippen molar-refractivity contribution >= 4 is 16.7 Å². The third-order valence-electron chi connectivity index (χ3n) is 6.64. The summed E-state index contributed by atoms with van der Waals surface area (Å²) >= 11 is 0. The van der Waals surface area contributed by atoms with Crippen LogP contribution in [-0.4, -0.2) is 52.7 Å². The highest BCUT2D eigenvalue weighted by atomic mass is 15.2. The van der Waals surface area contributed by atoms with Crippen LogP contribution < -0.4 is 15.5 Å². The lowest BCUT2D eigenvalue weighted by Gasteiger charge is -2.40. The van der Waals surface area contributed by atoms with Crippen LogP contribution in [0.1, 0.15) is 19.3 Å². The first-order chi connectivity index (χ1) is 14.7. The lowest BCUT2D eigenvalue weighted by atomic mass is 9.76. The molecule has 3 aromatic rings. The third kappa shape index (κ3) is 3.39. The summed E-state index contributed by atoms with van der Waals surface area (Å²) in [4.78, 5) is 20.6. The minimum absolute atomic E-state index is 0.347. The lowest BCUT2D eigenvalue weighted by molar-refractivity contribution is 0.243. The van der Waals surface area contributed by atoms with Crippen LogP contribution in [-0.2, 0) is 0 Å². The molecule has 0 radical (unpaired) electrons. The summed E-state index contributed by atoms with van der Waals surface area (Å²) in [5.74, 6) is 1.73. The van der Waals surface area contributed by atoms with Crippen molar-refractivity contribution in [3.05, 3.63) is 55.3 Å². The summed E-state index contributed by atoms with van der Waals surface area (Å²) in [5, 5.41) is 7.93. The van der Waals surface area contributed by atoms with Crippen LogP contribution in [0.4, 0.5) is 5.82 Å². The number of nitrogens with one attached hydrogen (secondary N) is 2. The number of hydrogen-bond donors (Lipinski definition) is 2. The Labute approximate surface area is 176 Å². The van der Waals surface area contributed by atoms with Crippen molar-refractivity contribution in [2.45, 2.75) is 25.3 Å². The van der Waals surface area contributed by atoms with Crippen molar-refractivity contribution < 1.29 is 0 Å². The van der Waals surface area contributed by atoms with Gasteiger partial charge in [0.25, 0.3) is 0 Å². The predicted octanol–water partition coefficient (Wildman–Crippen LogP) is 2.77. The molecule has 0 saturated carbocycles. The van der Waals surface area contributed by atoms with Crippen LogP contribution >= 0.6 is 0 Å². The van der Waals surface area contributed by atoms with Gasteiger partial charge in [-0.15, -0.1) is 0 Å². The van der Waals surface area contributed by atoms with E-state index in [1.807, 2.05) is 37.6 Å². The number of aromatic nitrogens is 4. The smallest absolute Gasteiger partial charge is 0.162 e. The molecule has 1 atom stereocenters. The van der Waals surface area contributed by atoms with E-state index in [1.165, 1.54) is 0 Å². The molecule has 0 aliphatic carbocycles. The van der Waals surface area contributed by atoms with Gasteiger partial charge < -0.3 is 15.5 Å². The summed E-state index contributed by atoms with van der Waals surface area (Å²) in [6, 6.07) is 6.29. The van der Waals surface area contributed by atoms with Gasteiger partial charge >= 0.3 is 0 Å². The monoisotopic (exact) mass is 401 g/mol. The van der Waals surface area contributed by atoms with Gasteiger partial charge in [0.1, 0.15) is 5.82 Å². The molecule has 0 bridgehead atoms. The molecule has 7 heteroatoms. The third-order valence-corrected chi connectivity index (χ3v) is 6.64. The van der Waals surface area contributed by atoms with E-state index >= 15 is 0 Å². The van der Waals surface area contributed by atoms with Gasteiger partial charge in [-0.2, -0.15) is 0 Å². The summed E-state index contributed by atoms with van der Waals surface area (Å²) in [5.41, 5.74) is 3.28. The molecule has 2 N–H and O–H groups in total. The number of rotatable bonds is 4. The molecule has 3 aromatic heterocycles. The van der Waals surface area contributed by atoms with E-state index in [0.717, 1.165) is 72.7 Å². The average Bonchev–Trinajstić information content (AvgIpc) is 3.22. The van der Waals surface area contributed by atoms with E-state index in [1.54, 1.807) is 12.4 Å². The second kappa shape index (κ2) is 7.65. The average molecular weight is 402 g/mol. The Hall–Kier alpha value is -3.06. The summed E-state index contributed by atoms with van der Waals surface area (Å²) in [7, 11) is 1.95. The van der Waals surface area contributed by atoms with Crippen LogP contribution in [0.5, 0.6) is 0 Å². The highest BCUT2D eigenvalue weighted by molar-refractivity contribution is 5.90. The molecule has 1 spiro atoms. The van der Waals surface area contributed by atoms with Crippen LogP contribution in [0.15, 0.2) is 55.3 Å². The number of anilines is 1. The van der Waals surface area contributed by atoms with Gasteiger partial charge in [-0.1, -0.05) is 6.58 Å². The van der Waals surface area contributed by atoms with Crippen molar-refractivity contribution in [2.24, 2.45) is 5.41 Å². The Morgan fingerprint density at radius 2 is 1.90 bits per heavy atom. The van der Waals surface area contributed by atoms with Gasteiger partial charge in [-0.05, 0) is 42.9 Å². The summed E-state index contributed by atoms with van der Waals surface area (Å²) < 4.78 is 0. The van der Waals surface area contributed by atoms with Crippen molar-refractivity contribution in [3.8, 4) is 11.4 Å². The second-order valence-electron chi connectivity index (χ2n) is 8.40. The normalized spacial score (nSPS) is 20.6. The number of nitrogens with zero attached hydrogens (tertiary/aromatic N) is 5. The molecule has 1 unspecified atom stereocenters. The van der Waals surface area contributed by atoms with Crippen LogP contribution in [0, 0.1) is 5.41 Å². The molecule has 0 amide bonds. The Balaban J connectivity index is 1.43.